The summed E-state index contributed by atoms with van der Waals surface area (Å²) in [6, 6.07) is 18.1. The molecule has 340 valence electrons. The highest BCUT2D eigenvalue weighted by molar-refractivity contribution is 5.93. The van der Waals surface area contributed by atoms with Gasteiger partial charge in [0.2, 0.25) is 17.7 Å². The van der Waals surface area contributed by atoms with Crippen molar-refractivity contribution in [3.8, 4) is 22.4 Å². The molecular formula is C48H59N7O9. The van der Waals surface area contributed by atoms with Crippen molar-refractivity contribution in [1.29, 1.82) is 0 Å². The van der Waals surface area contributed by atoms with E-state index in [-0.39, 0.29) is 41.6 Å². The van der Waals surface area contributed by atoms with Gasteiger partial charge in [-0.1, -0.05) is 48.5 Å². The Morgan fingerprint density at radius 1 is 0.672 bits per heavy atom. The van der Waals surface area contributed by atoms with Crippen molar-refractivity contribution in [2.45, 2.75) is 88.5 Å². The fraction of sp³-hybridized carbons (Fsp3) is 0.500. The summed E-state index contributed by atoms with van der Waals surface area (Å²) < 4.78 is 20.7. The maximum atomic E-state index is 14.0. The number of hydrogen-bond donors (Lipinski definition) is 4. The highest BCUT2D eigenvalue weighted by Gasteiger charge is 2.42. The number of ether oxygens (including phenoxy) is 4. The van der Waals surface area contributed by atoms with E-state index in [0.717, 1.165) is 57.4 Å². The molecule has 4 N–H and O–H groups in total. The quantitative estimate of drug-likeness (QED) is 0.131. The molecule has 5 heterocycles. The molecule has 1 aromatic heterocycles. The minimum Gasteiger partial charge on any atom is -0.453 e. The molecule has 4 saturated heterocycles. The molecule has 5 amide bonds. The van der Waals surface area contributed by atoms with Gasteiger partial charge < -0.3 is 49.7 Å². The average molecular weight is 878 g/mol. The van der Waals surface area contributed by atoms with Crippen LogP contribution in [0.4, 0.5) is 9.59 Å². The Labute approximate surface area is 373 Å². The van der Waals surface area contributed by atoms with Gasteiger partial charge in [0, 0.05) is 45.1 Å². The lowest BCUT2D eigenvalue weighted by Gasteiger charge is -2.34. The minimum absolute atomic E-state index is 0.0361. The number of H-pyrrole nitrogens is 1. The first kappa shape index (κ1) is 44.6. The van der Waals surface area contributed by atoms with Crippen molar-refractivity contribution in [1.82, 2.24) is 35.7 Å². The van der Waals surface area contributed by atoms with Crippen molar-refractivity contribution in [3.63, 3.8) is 0 Å². The van der Waals surface area contributed by atoms with Gasteiger partial charge in [0.1, 0.15) is 23.9 Å². The van der Waals surface area contributed by atoms with Crippen LogP contribution in [0.15, 0.2) is 66.9 Å². The molecule has 4 aromatic rings. The molecule has 3 aromatic carbocycles. The van der Waals surface area contributed by atoms with Crippen LogP contribution in [-0.2, 0) is 33.3 Å². The van der Waals surface area contributed by atoms with Gasteiger partial charge in [-0.05, 0) is 110 Å². The predicted molar refractivity (Wildman–Crippen MR) is 238 cm³/mol. The fourth-order valence-electron chi connectivity index (χ4n) is 9.81. The third-order valence-electron chi connectivity index (χ3n) is 13.5. The topological polar surface area (TPSA) is 194 Å². The minimum atomic E-state index is -0.786. The monoisotopic (exact) mass is 877 g/mol. The summed E-state index contributed by atoms with van der Waals surface area (Å²) in [5.74, 6) is -0.0184. The van der Waals surface area contributed by atoms with Crippen LogP contribution in [-0.4, -0.2) is 122 Å². The summed E-state index contributed by atoms with van der Waals surface area (Å²) in [4.78, 5) is 77.8. The van der Waals surface area contributed by atoms with Crippen LogP contribution < -0.4 is 16.0 Å². The SMILES string of the molecule is COC(=O)N[C@H](C(=O)N1CCC[C@H]1C(=O)N[C@H](C)c1ccc(-c2ccc3cc(-c4cnc([C@@H]5CCCN5C(=O)[C@@H](NC(=O)OC)C5CCOCC5)[nH]4)ccc3c2)cc1)C1CCOCC1. The van der Waals surface area contributed by atoms with E-state index < -0.39 is 30.3 Å². The van der Waals surface area contributed by atoms with Gasteiger partial charge in [0.25, 0.3) is 0 Å². The summed E-state index contributed by atoms with van der Waals surface area (Å²) >= 11 is 0. The molecule has 0 unspecified atom stereocenters. The van der Waals surface area contributed by atoms with E-state index in [1.807, 2.05) is 30.2 Å². The fourth-order valence-corrected chi connectivity index (χ4v) is 9.81. The second-order valence-corrected chi connectivity index (χ2v) is 17.3. The molecular weight excluding hydrogens is 819 g/mol. The van der Waals surface area contributed by atoms with Crippen molar-refractivity contribution < 1.29 is 42.9 Å². The van der Waals surface area contributed by atoms with E-state index in [2.05, 4.69) is 69.5 Å². The Bertz CT molecular complexity index is 2310. The molecule has 8 rings (SSSR count). The Balaban J connectivity index is 0.900. The number of carbonyl (C=O) groups excluding carboxylic acids is 5. The van der Waals surface area contributed by atoms with Crippen LogP contribution >= 0.6 is 0 Å². The normalized spacial score (nSPS) is 20.9. The number of imidazole rings is 1. The number of rotatable bonds is 12. The number of nitrogens with one attached hydrogen (secondary N) is 4. The van der Waals surface area contributed by atoms with E-state index >= 15 is 0 Å². The summed E-state index contributed by atoms with van der Waals surface area (Å²) in [6.07, 6.45) is 6.02. The molecule has 16 nitrogen and oxygen atoms in total. The Hall–Kier alpha value is -6.00. The standard InChI is InChI=1S/C48H59N7O9/c1-29(50-44(56)40-7-5-21-55(40)46(58)42(53-48(60)62-3)33-18-24-64-25-19-33)30-8-10-31(11-9-30)34-12-13-36-27-37(15-14-35(36)26-34)38-28-49-43(51-38)39-6-4-20-54(39)45(57)41(52-47(59)61-2)32-16-22-63-23-17-32/h8-15,26-29,32-33,39-42H,4-7,16-25H2,1-3H3,(H,49,51)(H,50,56)(H,52,59)(H,53,60)/t29-,39+,40+,41+,42+/m1/s1. The first-order chi connectivity index (χ1) is 31.1. The highest BCUT2D eigenvalue weighted by Crippen LogP contribution is 2.35. The number of benzene rings is 3. The second kappa shape index (κ2) is 20.2. The number of likely N-dealkylation sites (tertiary alicyclic amines) is 2. The van der Waals surface area contributed by atoms with E-state index in [0.29, 0.717) is 78.0 Å². The number of aromatic amines is 1. The largest absolute Gasteiger partial charge is 0.453 e. The zero-order valence-electron chi connectivity index (χ0n) is 36.8. The maximum Gasteiger partial charge on any atom is 0.407 e. The molecule has 4 aliphatic rings. The number of alkyl carbamates (subject to hydrolysis) is 2. The van der Waals surface area contributed by atoms with Gasteiger partial charge >= 0.3 is 12.2 Å². The number of fused-ring (bicyclic) bond motifs is 1. The zero-order chi connectivity index (χ0) is 44.7. The second-order valence-electron chi connectivity index (χ2n) is 17.3. The van der Waals surface area contributed by atoms with Crippen LogP contribution in [0.5, 0.6) is 0 Å². The molecule has 0 spiro atoms. The first-order valence-corrected chi connectivity index (χ1v) is 22.6. The molecule has 0 aliphatic carbocycles. The van der Waals surface area contributed by atoms with Crippen molar-refractivity contribution in [2.75, 3.05) is 53.7 Å². The third-order valence-corrected chi connectivity index (χ3v) is 13.5. The van der Waals surface area contributed by atoms with Crippen molar-refractivity contribution >= 4 is 40.7 Å². The molecule has 64 heavy (non-hydrogen) atoms. The molecule has 0 radical (unpaired) electrons. The summed E-state index contributed by atoms with van der Waals surface area (Å²) in [7, 11) is 2.58. The summed E-state index contributed by atoms with van der Waals surface area (Å²) in [5, 5.41) is 10.8. The van der Waals surface area contributed by atoms with Gasteiger partial charge in [-0.15, -0.1) is 0 Å². The summed E-state index contributed by atoms with van der Waals surface area (Å²) in [6.45, 7) is 5.10. The number of amides is 5. The molecule has 0 saturated carbocycles. The molecule has 0 bridgehead atoms. The Morgan fingerprint density at radius 3 is 1.81 bits per heavy atom. The summed E-state index contributed by atoms with van der Waals surface area (Å²) in [5.41, 5.74) is 4.86. The molecule has 5 atom stereocenters. The lowest BCUT2D eigenvalue weighted by Crippen LogP contribution is -2.56. The Morgan fingerprint density at radius 2 is 1.20 bits per heavy atom. The zero-order valence-corrected chi connectivity index (χ0v) is 36.8. The third kappa shape index (κ3) is 9.87. The predicted octanol–water partition coefficient (Wildman–Crippen LogP) is 6.03. The van der Waals surface area contributed by atoms with Gasteiger partial charge in [-0.25, -0.2) is 14.6 Å². The van der Waals surface area contributed by atoms with Crippen LogP contribution in [0.3, 0.4) is 0 Å². The smallest absolute Gasteiger partial charge is 0.407 e. The number of methoxy groups -OCH3 is 2. The van der Waals surface area contributed by atoms with E-state index in [1.54, 1.807) is 4.90 Å². The van der Waals surface area contributed by atoms with E-state index in [4.69, 9.17) is 23.9 Å². The number of nitrogens with zero attached hydrogens (tertiary/aromatic N) is 3. The van der Waals surface area contributed by atoms with Crippen LogP contribution in [0, 0.1) is 11.8 Å². The van der Waals surface area contributed by atoms with Crippen molar-refractivity contribution in [2.24, 2.45) is 11.8 Å². The highest BCUT2D eigenvalue weighted by atomic mass is 16.5. The van der Waals surface area contributed by atoms with Crippen LogP contribution in [0.25, 0.3) is 33.2 Å². The molecule has 4 aliphatic heterocycles. The number of carbonyl (C=O) groups is 5. The molecule has 16 heteroatoms. The Kier molecular flexibility index (Phi) is 14.1. The van der Waals surface area contributed by atoms with Gasteiger partial charge in [0.15, 0.2) is 0 Å². The van der Waals surface area contributed by atoms with Crippen LogP contribution in [0.1, 0.15) is 81.8 Å². The van der Waals surface area contributed by atoms with E-state index in [1.165, 1.54) is 14.2 Å². The van der Waals surface area contributed by atoms with Crippen molar-refractivity contribution in [3.05, 3.63) is 78.2 Å². The average Bonchev–Trinajstić information content (AvgIpc) is 4.15. The molecule has 4 fully saturated rings. The van der Waals surface area contributed by atoms with Gasteiger partial charge in [0.05, 0.1) is 38.2 Å². The van der Waals surface area contributed by atoms with Gasteiger partial charge in [-0.2, -0.15) is 0 Å². The van der Waals surface area contributed by atoms with Crippen LogP contribution in [0.2, 0.25) is 0 Å². The maximum absolute atomic E-state index is 14.0. The first-order valence-electron chi connectivity index (χ1n) is 22.6. The lowest BCUT2D eigenvalue weighted by molar-refractivity contribution is -0.141. The number of aromatic nitrogens is 2. The van der Waals surface area contributed by atoms with E-state index in [9.17, 15) is 24.0 Å². The lowest BCUT2D eigenvalue weighted by atomic mass is 9.90. The number of hydrogen-bond acceptors (Lipinski definition) is 10. The van der Waals surface area contributed by atoms with Gasteiger partial charge in [-0.3, -0.25) is 14.4 Å².